The van der Waals surface area contributed by atoms with E-state index in [-0.39, 0.29) is 35.4 Å². The van der Waals surface area contributed by atoms with E-state index in [1.807, 2.05) is 0 Å². The number of carbonyl (C=O) groups is 1. The van der Waals surface area contributed by atoms with E-state index in [1.165, 1.54) is 12.1 Å². The maximum atomic E-state index is 13.1. The second-order valence-electron chi connectivity index (χ2n) is 5.42. The van der Waals surface area contributed by atoms with Crippen molar-refractivity contribution >= 4 is 5.91 Å². The van der Waals surface area contributed by atoms with Crippen LogP contribution in [0.2, 0.25) is 0 Å². The Morgan fingerprint density at radius 3 is 2.90 bits per heavy atom. The first-order valence-corrected chi connectivity index (χ1v) is 6.69. The summed E-state index contributed by atoms with van der Waals surface area (Å²) in [5, 5.41) is 2.85. The Labute approximate surface area is 118 Å². The molecule has 0 saturated carbocycles. The number of nitrogens with one attached hydrogen (secondary N) is 3. The van der Waals surface area contributed by atoms with Crippen LogP contribution in [-0.2, 0) is 4.79 Å². The summed E-state index contributed by atoms with van der Waals surface area (Å²) in [6, 6.07) is 4.71. The van der Waals surface area contributed by atoms with Crippen molar-refractivity contribution in [1.82, 2.24) is 16.2 Å². The van der Waals surface area contributed by atoms with Crippen LogP contribution < -0.4 is 25.6 Å². The lowest BCUT2D eigenvalue weighted by atomic mass is 9.79. The second kappa shape index (κ2) is 4.28. The highest BCUT2D eigenvalue weighted by atomic mass is 19.3. The molecule has 2 fully saturated rings. The Morgan fingerprint density at radius 1 is 1.24 bits per heavy atom. The zero-order valence-corrected chi connectivity index (χ0v) is 10.9. The van der Waals surface area contributed by atoms with Gasteiger partial charge < -0.3 is 14.8 Å². The van der Waals surface area contributed by atoms with E-state index < -0.39 is 6.29 Å². The molecule has 0 bridgehead atoms. The molecule has 3 aliphatic rings. The van der Waals surface area contributed by atoms with Crippen LogP contribution in [0.25, 0.3) is 0 Å². The molecule has 112 valence electrons. The highest BCUT2D eigenvalue weighted by Crippen LogP contribution is 2.44. The number of fused-ring (bicyclic) bond motifs is 2. The minimum absolute atomic E-state index is 0.0129. The number of ether oxygens (including phenoxy) is 2. The topological polar surface area (TPSA) is 71.6 Å². The maximum absolute atomic E-state index is 13.1. The number of amides is 1. The number of benzene rings is 1. The third-order valence-corrected chi connectivity index (χ3v) is 4.12. The molecule has 2 saturated heterocycles. The zero-order chi connectivity index (χ0) is 14.6. The molecule has 1 amide bonds. The molecule has 3 atom stereocenters. The Kier molecular flexibility index (Phi) is 2.61. The largest absolute Gasteiger partial charge is 0.586 e. The fourth-order valence-electron chi connectivity index (χ4n) is 3.17. The van der Waals surface area contributed by atoms with Crippen LogP contribution in [0.1, 0.15) is 17.9 Å². The molecule has 0 aliphatic carbocycles. The fourth-order valence-corrected chi connectivity index (χ4v) is 3.17. The van der Waals surface area contributed by atoms with Gasteiger partial charge in [-0.25, -0.2) is 5.43 Å². The number of carbonyl (C=O) groups excluding carboxylic acids is 1. The first-order chi connectivity index (χ1) is 10.0. The smallest absolute Gasteiger partial charge is 0.395 e. The minimum atomic E-state index is -3.62. The van der Waals surface area contributed by atoms with Gasteiger partial charge >= 0.3 is 6.29 Å². The molecule has 0 spiro atoms. The molecule has 8 heteroatoms. The lowest BCUT2D eigenvalue weighted by molar-refractivity contribution is -0.286. The summed E-state index contributed by atoms with van der Waals surface area (Å²) in [5.74, 6) is 0.0561. The second-order valence-corrected chi connectivity index (χ2v) is 5.42. The zero-order valence-electron chi connectivity index (χ0n) is 10.9. The molecule has 3 N–H and O–H groups in total. The number of hydrogen-bond acceptors (Lipinski definition) is 5. The summed E-state index contributed by atoms with van der Waals surface area (Å²) in [5.41, 5.74) is 6.80. The predicted octanol–water partition coefficient (Wildman–Crippen LogP) is 0.662. The molecular weight excluding hydrogens is 284 g/mol. The molecule has 21 heavy (non-hydrogen) atoms. The average molecular weight is 297 g/mol. The Morgan fingerprint density at radius 2 is 2.05 bits per heavy atom. The summed E-state index contributed by atoms with van der Waals surface area (Å²) in [4.78, 5) is 11.8. The van der Waals surface area contributed by atoms with Crippen LogP contribution in [0.5, 0.6) is 11.5 Å². The summed E-state index contributed by atoms with van der Waals surface area (Å²) < 4.78 is 35.0. The van der Waals surface area contributed by atoms with Crippen molar-refractivity contribution in [2.45, 2.75) is 24.8 Å². The lowest BCUT2D eigenvalue weighted by Gasteiger charge is -2.33. The summed E-state index contributed by atoms with van der Waals surface area (Å²) in [6.45, 7) is 0.695. The van der Waals surface area contributed by atoms with Crippen molar-refractivity contribution in [1.29, 1.82) is 0 Å². The van der Waals surface area contributed by atoms with E-state index in [2.05, 4.69) is 25.6 Å². The van der Waals surface area contributed by atoms with E-state index in [4.69, 9.17) is 0 Å². The molecule has 0 radical (unpaired) electrons. The first-order valence-electron chi connectivity index (χ1n) is 6.69. The van der Waals surface area contributed by atoms with Gasteiger partial charge in [-0.3, -0.25) is 10.2 Å². The normalized spacial score (nSPS) is 32.7. The molecule has 0 aromatic heterocycles. The van der Waals surface area contributed by atoms with E-state index >= 15 is 0 Å². The molecule has 3 unspecified atom stereocenters. The van der Waals surface area contributed by atoms with E-state index in [0.717, 1.165) is 5.56 Å². The number of hydrazine groups is 1. The van der Waals surface area contributed by atoms with Gasteiger partial charge in [-0.2, -0.15) is 0 Å². The standard InChI is InChI=1S/C13H13F2N3O3/c14-13(15)20-9-2-1-6(3-10(9)21-13)7-4-11(19)17-12-8(7)5-16-18-12/h1-3,7-8,12,16,18H,4-5H2,(H,17,19). The molecule has 1 aromatic carbocycles. The minimum Gasteiger partial charge on any atom is -0.395 e. The lowest BCUT2D eigenvalue weighted by Crippen LogP contribution is -2.52. The van der Waals surface area contributed by atoms with Crippen molar-refractivity contribution in [3.05, 3.63) is 23.8 Å². The Bertz CT molecular complexity index is 610. The van der Waals surface area contributed by atoms with Gasteiger partial charge in [0.15, 0.2) is 11.5 Å². The summed E-state index contributed by atoms with van der Waals surface area (Å²) in [7, 11) is 0. The quantitative estimate of drug-likeness (QED) is 0.710. The SMILES string of the molecule is O=C1CC(c2ccc3c(c2)OC(F)(F)O3)C2CNNC2N1. The molecule has 6 nitrogen and oxygen atoms in total. The van der Waals surface area contributed by atoms with Crippen LogP contribution in [0, 0.1) is 5.92 Å². The van der Waals surface area contributed by atoms with Crippen LogP contribution in [0.15, 0.2) is 18.2 Å². The maximum Gasteiger partial charge on any atom is 0.586 e. The van der Waals surface area contributed by atoms with Gasteiger partial charge in [-0.15, -0.1) is 8.78 Å². The van der Waals surface area contributed by atoms with Gasteiger partial charge in [-0.1, -0.05) is 6.07 Å². The Hall–Kier alpha value is -1.93. The van der Waals surface area contributed by atoms with Gasteiger partial charge in [-0.05, 0) is 17.7 Å². The van der Waals surface area contributed by atoms with Crippen LogP contribution in [0.3, 0.4) is 0 Å². The van der Waals surface area contributed by atoms with Gasteiger partial charge in [0, 0.05) is 24.8 Å². The predicted molar refractivity (Wildman–Crippen MR) is 66.6 cm³/mol. The van der Waals surface area contributed by atoms with Crippen molar-refractivity contribution in [3.8, 4) is 11.5 Å². The highest BCUT2D eigenvalue weighted by Gasteiger charge is 2.45. The van der Waals surface area contributed by atoms with Gasteiger partial charge in [0.2, 0.25) is 5.91 Å². The van der Waals surface area contributed by atoms with Crippen molar-refractivity contribution in [3.63, 3.8) is 0 Å². The van der Waals surface area contributed by atoms with Gasteiger partial charge in [0.25, 0.3) is 0 Å². The van der Waals surface area contributed by atoms with Crippen LogP contribution in [0.4, 0.5) is 8.78 Å². The molecular formula is C13H13F2N3O3. The first kappa shape index (κ1) is 12.8. The number of halogens is 2. The summed E-state index contributed by atoms with van der Waals surface area (Å²) >= 11 is 0. The number of alkyl halides is 2. The Balaban J connectivity index is 1.66. The molecule has 4 rings (SSSR count). The van der Waals surface area contributed by atoms with Gasteiger partial charge in [0.1, 0.15) is 0 Å². The highest BCUT2D eigenvalue weighted by molar-refractivity contribution is 5.78. The molecule has 1 aromatic rings. The van der Waals surface area contributed by atoms with Crippen molar-refractivity contribution in [2.75, 3.05) is 6.54 Å². The van der Waals surface area contributed by atoms with Crippen LogP contribution in [-0.4, -0.2) is 24.9 Å². The number of rotatable bonds is 1. The average Bonchev–Trinajstić information content (AvgIpc) is 2.98. The van der Waals surface area contributed by atoms with Gasteiger partial charge in [0.05, 0.1) is 6.17 Å². The summed E-state index contributed by atoms with van der Waals surface area (Å²) in [6.07, 6.45) is -3.45. The third kappa shape index (κ3) is 2.11. The number of piperidine rings is 1. The van der Waals surface area contributed by atoms with E-state index in [1.54, 1.807) is 6.07 Å². The van der Waals surface area contributed by atoms with E-state index in [0.29, 0.717) is 13.0 Å². The molecule has 3 aliphatic heterocycles. The van der Waals surface area contributed by atoms with E-state index in [9.17, 15) is 13.6 Å². The third-order valence-electron chi connectivity index (χ3n) is 4.12. The molecule has 3 heterocycles. The van der Waals surface area contributed by atoms with Crippen LogP contribution >= 0.6 is 0 Å². The number of hydrogen-bond donors (Lipinski definition) is 3. The fraction of sp³-hybridized carbons (Fsp3) is 0.462. The van der Waals surface area contributed by atoms with Crippen molar-refractivity contribution < 1.29 is 23.0 Å². The monoisotopic (exact) mass is 297 g/mol. The van der Waals surface area contributed by atoms with Crippen molar-refractivity contribution in [2.24, 2.45) is 5.92 Å².